The second-order valence-electron chi connectivity index (χ2n) is 10.8. The molecule has 0 heterocycles. The van der Waals surface area contributed by atoms with Crippen molar-refractivity contribution in [2.75, 3.05) is 0 Å². The van der Waals surface area contributed by atoms with Crippen molar-refractivity contribution in [3.63, 3.8) is 0 Å². The molecule has 0 fully saturated rings. The van der Waals surface area contributed by atoms with E-state index in [4.69, 9.17) is 0 Å². The van der Waals surface area contributed by atoms with E-state index in [0.29, 0.717) is 0 Å². The van der Waals surface area contributed by atoms with Crippen LogP contribution in [0.4, 0.5) is 0 Å². The molecule has 0 saturated heterocycles. The minimum absolute atomic E-state index is 0.525. The number of carbonyl (C=O) groups is 4. The Bertz CT molecular complexity index is 1170. The molecule has 0 spiro atoms. The smallest absolute Gasteiger partial charge is 0.172 e. The van der Waals surface area contributed by atoms with Gasteiger partial charge in [0.25, 0.3) is 0 Å². The van der Waals surface area contributed by atoms with Gasteiger partial charge in [0.15, 0.2) is 23.1 Å². The molecule has 2 aromatic rings. The molecule has 0 aliphatic heterocycles. The Morgan fingerprint density at radius 3 is 0.744 bits per heavy atom. The molecule has 0 unspecified atom stereocenters. The van der Waals surface area contributed by atoms with Crippen molar-refractivity contribution in [2.45, 2.75) is 61.8 Å². The van der Waals surface area contributed by atoms with Crippen molar-refractivity contribution in [3.8, 4) is 34.5 Å². The summed E-state index contributed by atoms with van der Waals surface area (Å²) in [6, 6.07) is 0. The van der Waals surface area contributed by atoms with Crippen LogP contribution in [0.1, 0.15) is 108 Å². The third kappa shape index (κ3) is 5.41. The molecule has 0 radical (unpaired) electrons. The molecule has 0 bridgehead atoms. The fourth-order valence-electron chi connectivity index (χ4n) is 4.13. The van der Waals surface area contributed by atoms with Gasteiger partial charge in [0.2, 0.25) is 0 Å². The molecular weight excluding hydrogens is 508 g/mol. The van der Waals surface area contributed by atoms with Crippen molar-refractivity contribution < 1.29 is 49.8 Å². The molecule has 6 N–H and O–H groups in total. The highest BCUT2D eigenvalue weighted by Crippen LogP contribution is 2.49. The third-order valence-electron chi connectivity index (χ3n) is 6.47. The fourth-order valence-corrected chi connectivity index (χ4v) is 4.13. The zero-order chi connectivity index (χ0) is 30.3. The van der Waals surface area contributed by atoms with Crippen LogP contribution >= 0.6 is 0 Å². The predicted molar refractivity (Wildman–Crippen MR) is 142 cm³/mol. The summed E-state index contributed by atoms with van der Waals surface area (Å²) in [6.07, 6.45) is -0.788. The summed E-state index contributed by atoms with van der Waals surface area (Å²) in [7, 11) is 0. The maximum absolute atomic E-state index is 12.9. The molecule has 0 aliphatic rings. The van der Waals surface area contributed by atoms with Gasteiger partial charge >= 0.3 is 0 Å². The Morgan fingerprint density at radius 1 is 0.410 bits per heavy atom. The maximum Gasteiger partial charge on any atom is 0.172 e. The summed E-state index contributed by atoms with van der Waals surface area (Å²) < 4.78 is 0. The monoisotopic (exact) mass is 544 g/mol. The number of Topliss-reactive ketones (excluding diaryl/α,β-unsaturated/α-hetero) is 4. The zero-order valence-corrected chi connectivity index (χ0v) is 23.3. The van der Waals surface area contributed by atoms with Gasteiger partial charge in [-0.25, -0.2) is 0 Å². The largest absolute Gasteiger partial charge is 0.507 e. The van der Waals surface area contributed by atoms with Gasteiger partial charge in [-0.05, 0) is 0 Å². The molecule has 0 saturated carbocycles. The minimum atomic E-state index is -0.920. The SMILES string of the molecule is CC(C)C(=O)c1c(O)c(Cc2c(O)c(C(=O)C(C)C)c(O)c(C(=O)C(C)C)c2O)c(O)c(C(=O)C(C)C)c1O. The van der Waals surface area contributed by atoms with E-state index in [1.54, 1.807) is 0 Å². The molecule has 10 heteroatoms. The van der Waals surface area contributed by atoms with Crippen LogP contribution in [-0.4, -0.2) is 53.8 Å². The number of hydrogen-bond acceptors (Lipinski definition) is 10. The van der Waals surface area contributed by atoms with Gasteiger partial charge in [-0.2, -0.15) is 0 Å². The van der Waals surface area contributed by atoms with Gasteiger partial charge in [0.05, 0.1) is 0 Å². The molecule has 212 valence electrons. The lowest BCUT2D eigenvalue weighted by atomic mass is 9.85. The fraction of sp³-hybridized carbons (Fsp3) is 0.448. The molecule has 0 aliphatic carbocycles. The van der Waals surface area contributed by atoms with Crippen LogP contribution < -0.4 is 0 Å². The van der Waals surface area contributed by atoms with Crippen LogP contribution in [0.25, 0.3) is 0 Å². The lowest BCUT2D eigenvalue weighted by Gasteiger charge is -2.22. The van der Waals surface area contributed by atoms with Crippen LogP contribution in [0.3, 0.4) is 0 Å². The van der Waals surface area contributed by atoms with E-state index in [1.165, 1.54) is 55.4 Å². The van der Waals surface area contributed by atoms with Gasteiger partial charge in [-0.15, -0.1) is 0 Å². The van der Waals surface area contributed by atoms with Gasteiger partial charge < -0.3 is 30.6 Å². The lowest BCUT2D eigenvalue weighted by molar-refractivity contribution is 0.0913. The van der Waals surface area contributed by atoms with Gasteiger partial charge in [-0.1, -0.05) is 55.4 Å². The van der Waals surface area contributed by atoms with Crippen molar-refractivity contribution in [3.05, 3.63) is 33.4 Å². The van der Waals surface area contributed by atoms with Gasteiger partial charge in [0, 0.05) is 41.2 Å². The van der Waals surface area contributed by atoms with Crippen LogP contribution in [0, 0.1) is 23.7 Å². The molecule has 0 aromatic heterocycles. The van der Waals surface area contributed by atoms with E-state index in [9.17, 15) is 49.8 Å². The van der Waals surface area contributed by atoms with Crippen LogP contribution in [0.15, 0.2) is 0 Å². The van der Waals surface area contributed by atoms with Crippen LogP contribution in [0.5, 0.6) is 34.5 Å². The first kappa shape index (κ1) is 31.1. The number of carbonyl (C=O) groups excluding carboxylic acids is 4. The second-order valence-corrected chi connectivity index (χ2v) is 10.8. The van der Waals surface area contributed by atoms with Crippen LogP contribution in [0.2, 0.25) is 0 Å². The number of aromatic hydroxyl groups is 6. The summed E-state index contributed by atoms with van der Waals surface area (Å²) in [5.74, 6) is -11.5. The Kier molecular flexibility index (Phi) is 9.06. The average molecular weight is 545 g/mol. The molecule has 0 amide bonds. The first-order chi connectivity index (χ1) is 17.9. The molecular formula is C29H36O10. The minimum Gasteiger partial charge on any atom is -0.507 e. The Balaban J connectivity index is 3.09. The number of phenolic OH excluding ortho intramolecular Hbond substituents is 6. The van der Waals surface area contributed by atoms with E-state index in [0.717, 1.165) is 0 Å². The highest BCUT2D eigenvalue weighted by molar-refractivity contribution is 6.12. The molecule has 2 rings (SSSR count). The lowest BCUT2D eigenvalue weighted by Crippen LogP contribution is -2.16. The Labute approximate surface area is 226 Å². The van der Waals surface area contributed by atoms with Crippen molar-refractivity contribution in [2.24, 2.45) is 23.7 Å². The van der Waals surface area contributed by atoms with E-state index >= 15 is 0 Å². The number of rotatable bonds is 10. The highest BCUT2D eigenvalue weighted by atomic mass is 16.3. The highest BCUT2D eigenvalue weighted by Gasteiger charge is 2.36. The zero-order valence-electron chi connectivity index (χ0n) is 23.3. The molecule has 2 aromatic carbocycles. The van der Waals surface area contributed by atoms with Crippen molar-refractivity contribution in [1.82, 2.24) is 0 Å². The normalized spacial score (nSPS) is 11.6. The topological polar surface area (TPSA) is 190 Å². The summed E-state index contributed by atoms with van der Waals surface area (Å²) in [4.78, 5) is 51.7. The van der Waals surface area contributed by atoms with Crippen molar-refractivity contribution >= 4 is 23.1 Å². The maximum atomic E-state index is 12.9. The standard InChI is InChI=1S/C29H36O10/c1-10(2)20(30)16-24(34)14(25(35)17(28(16)38)21(31)11(3)4)9-15-26(36)18(22(32)12(5)6)29(39)19(27(15)37)23(33)13(7)8/h10-13,34-39H,9H2,1-8H3. The van der Waals surface area contributed by atoms with Gasteiger partial charge in [-0.3, -0.25) is 19.2 Å². The first-order valence-electron chi connectivity index (χ1n) is 12.6. The molecule has 39 heavy (non-hydrogen) atoms. The Morgan fingerprint density at radius 2 is 0.590 bits per heavy atom. The third-order valence-corrected chi connectivity index (χ3v) is 6.47. The first-order valence-corrected chi connectivity index (χ1v) is 12.6. The molecule has 0 atom stereocenters. The Hall–Kier alpha value is -4.08. The average Bonchev–Trinajstić information content (AvgIpc) is 2.82. The summed E-state index contributed by atoms with van der Waals surface area (Å²) >= 11 is 0. The van der Waals surface area contributed by atoms with E-state index in [2.05, 4.69) is 0 Å². The summed E-state index contributed by atoms with van der Waals surface area (Å²) in [6.45, 7) is 11.9. The van der Waals surface area contributed by atoms with Gasteiger partial charge in [0.1, 0.15) is 56.8 Å². The van der Waals surface area contributed by atoms with E-state index < -0.39 is 121 Å². The quantitative estimate of drug-likeness (QED) is 0.225. The second kappa shape index (κ2) is 11.3. The van der Waals surface area contributed by atoms with Crippen molar-refractivity contribution in [1.29, 1.82) is 0 Å². The number of hydrogen-bond donors (Lipinski definition) is 6. The number of ketones is 4. The number of phenols is 6. The van der Waals surface area contributed by atoms with E-state index in [-0.39, 0.29) is 0 Å². The summed E-state index contributed by atoms with van der Waals surface area (Å²) in [5, 5.41) is 65.8. The number of benzene rings is 2. The van der Waals surface area contributed by atoms with E-state index in [1.807, 2.05) is 0 Å². The predicted octanol–water partition coefficient (Wildman–Crippen LogP) is 4.87. The summed E-state index contributed by atoms with van der Waals surface area (Å²) in [5.41, 5.74) is -3.62. The molecule has 10 nitrogen and oxygen atoms in total. The van der Waals surface area contributed by atoms with Crippen LogP contribution in [-0.2, 0) is 6.42 Å².